The van der Waals surface area contributed by atoms with E-state index in [0.29, 0.717) is 103 Å². The molecular weight excluding hydrogens is 1490 g/mol. The van der Waals surface area contributed by atoms with E-state index in [1.54, 1.807) is 42.5 Å². The van der Waals surface area contributed by atoms with Crippen LogP contribution in [0.5, 0.6) is 0 Å². The summed E-state index contributed by atoms with van der Waals surface area (Å²) >= 11 is 25.5. The summed E-state index contributed by atoms with van der Waals surface area (Å²) in [5.41, 5.74) is 28.3. The molecule has 4 aliphatic heterocycles. The summed E-state index contributed by atoms with van der Waals surface area (Å²) in [6.45, 7) is 16.7. The second-order valence-corrected chi connectivity index (χ2v) is 34.7. The number of hydrogen-bond donors (Lipinski definition) is 4. The lowest BCUT2D eigenvalue weighted by Crippen LogP contribution is -2.32. The maximum absolute atomic E-state index is 11.8. The van der Waals surface area contributed by atoms with Gasteiger partial charge in [-0.1, -0.05) is 77.1 Å². The van der Waals surface area contributed by atoms with Crippen LogP contribution in [0.2, 0.25) is 20.1 Å². The van der Waals surface area contributed by atoms with Crippen molar-refractivity contribution < 1.29 is 57.4 Å². The van der Waals surface area contributed by atoms with Gasteiger partial charge in [-0.15, -0.1) is 0 Å². The van der Waals surface area contributed by atoms with Crippen LogP contribution in [0.1, 0.15) is 115 Å². The van der Waals surface area contributed by atoms with E-state index >= 15 is 0 Å². The summed E-state index contributed by atoms with van der Waals surface area (Å²) in [5, 5.41) is 1.67. The lowest BCUT2D eigenvalue weighted by atomic mass is 9.95. The van der Waals surface area contributed by atoms with E-state index in [0.717, 1.165) is 129 Å². The molecule has 34 heteroatoms. The molecule has 7 aromatic rings. The molecule has 4 saturated heterocycles. The Hall–Kier alpha value is -6.36. The number of rotatable bonds is 15. The first kappa shape index (κ1) is 83.9. The number of ether oxygens (including phenoxy) is 5. The van der Waals surface area contributed by atoms with Crippen LogP contribution in [-0.4, -0.2) is 181 Å². The van der Waals surface area contributed by atoms with Gasteiger partial charge in [0.15, 0.2) is 39.3 Å². The molecule has 0 bridgehead atoms. The molecule has 564 valence electrons. The number of aryl methyl sites for hydroxylation is 3. The largest absolute Gasteiger partial charge is 0.382 e. The Kier molecular flexibility index (Phi) is 31.6. The first-order valence-electron chi connectivity index (χ1n) is 33.4. The SMILES string of the molecule is CCOCCCN.CS(=O)(=O)c1ccc(C2CCCCOC2)c(Cl)c1.Cc1cc(N2CCCOCC2c2ccc(S(C)(=O)=O)cc2Cl)nc(N)n1.Cc1cc(N2CCCOC[C@@H]2c2ccc(S(C)(=O)=O)cc2Cl)nc(N)n1.Cc1cc(N2CCCOC[C@H]2c2ccc(S(C)(=O)=O)cc2Cl)nc(N)n1. The molecule has 7 heterocycles. The van der Waals surface area contributed by atoms with Crippen LogP contribution in [-0.2, 0) is 63.0 Å². The Labute approximate surface area is 625 Å². The Morgan fingerprint density at radius 3 is 1.02 bits per heavy atom. The fourth-order valence-corrected chi connectivity index (χ4v) is 15.8. The molecule has 0 amide bonds. The number of anilines is 6. The highest BCUT2D eigenvalue weighted by molar-refractivity contribution is 7.91. The third-order valence-electron chi connectivity index (χ3n) is 16.7. The predicted molar refractivity (Wildman–Crippen MR) is 406 cm³/mol. The average Bonchev–Trinajstić information content (AvgIpc) is 1.76. The van der Waals surface area contributed by atoms with Gasteiger partial charge >= 0.3 is 0 Å². The van der Waals surface area contributed by atoms with E-state index in [1.807, 2.05) is 52.0 Å². The summed E-state index contributed by atoms with van der Waals surface area (Å²) in [6.07, 6.45) is 11.4. The van der Waals surface area contributed by atoms with Gasteiger partial charge in [-0.3, -0.25) is 0 Å². The van der Waals surface area contributed by atoms with Crippen molar-refractivity contribution in [1.29, 1.82) is 0 Å². The number of nitrogens with zero attached hydrogens (tertiary/aromatic N) is 9. The van der Waals surface area contributed by atoms with E-state index in [1.165, 1.54) is 30.5 Å². The van der Waals surface area contributed by atoms with Gasteiger partial charge in [0.1, 0.15) is 17.5 Å². The van der Waals surface area contributed by atoms with Gasteiger partial charge in [0.2, 0.25) is 17.8 Å². The molecule has 26 nitrogen and oxygen atoms in total. The maximum Gasteiger partial charge on any atom is 0.222 e. The summed E-state index contributed by atoms with van der Waals surface area (Å²) in [5.74, 6) is 3.01. The third-order valence-corrected chi connectivity index (χ3v) is 22.5. The van der Waals surface area contributed by atoms with Crippen molar-refractivity contribution in [2.75, 3.05) is 149 Å². The molecule has 8 N–H and O–H groups in total. The van der Waals surface area contributed by atoms with Gasteiger partial charge in [-0.2, -0.15) is 15.0 Å². The quantitative estimate of drug-likeness (QED) is 0.0693. The van der Waals surface area contributed by atoms with E-state index in [-0.39, 0.29) is 61.5 Å². The number of halogens is 4. The van der Waals surface area contributed by atoms with Crippen molar-refractivity contribution in [1.82, 2.24) is 29.9 Å². The van der Waals surface area contributed by atoms with E-state index in [2.05, 4.69) is 44.6 Å². The van der Waals surface area contributed by atoms with Crippen LogP contribution >= 0.6 is 46.4 Å². The number of nitrogens with two attached hydrogens (primary N) is 4. The zero-order valence-electron chi connectivity index (χ0n) is 59.1. The molecule has 0 spiro atoms. The van der Waals surface area contributed by atoms with Crippen molar-refractivity contribution in [3.63, 3.8) is 0 Å². The molecule has 0 radical (unpaired) electrons. The van der Waals surface area contributed by atoms with E-state index in [9.17, 15) is 33.7 Å². The third kappa shape index (κ3) is 25.1. The van der Waals surface area contributed by atoms with Gasteiger partial charge in [0.25, 0.3) is 0 Å². The first-order valence-corrected chi connectivity index (χ1v) is 42.4. The predicted octanol–water partition coefficient (Wildman–Crippen LogP) is 10.6. The van der Waals surface area contributed by atoms with Crippen LogP contribution in [0.4, 0.5) is 35.3 Å². The van der Waals surface area contributed by atoms with E-state index < -0.39 is 39.3 Å². The summed E-state index contributed by atoms with van der Waals surface area (Å²) < 4.78 is 121. The number of hydrogen-bond acceptors (Lipinski definition) is 26. The topological polar surface area (TPSA) is 374 Å². The minimum absolute atomic E-state index is 0.189. The van der Waals surface area contributed by atoms with Crippen LogP contribution in [0.3, 0.4) is 0 Å². The lowest BCUT2D eigenvalue weighted by Gasteiger charge is -2.31. The van der Waals surface area contributed by atoms with Crippen molar-refractivity contribution >= 4 is 121 Å². The van der Waals surface area contributed by atoms with Crippen molar-refractivity contribution in [3.8, 4) is 0 Å². The Balaban J connectivity index is 0.000000188. The molecule has 3 aromatic heterocycles. The highest BCUT2D eigenvalue weighted by Crippen LogP contribution is 2.39. The van der Waals surface area contributed by atoms with Crippen LogP contribution in [0.25, 0.3) is 0 Å². The van der Waals surface area contributed by atoms with Gasteiger partial charge in [-0.25, -0.2) is 48.6 Å². The van der Waals surface area contributed by atoms with Gasteiger partial charge in [0, 0.05) is 146 Å². The van der Waals surface area contributed by atoms with E-state index in [4.69, 9.17) is 93.0 Å². The maximum atomic E-state index is 11.8. The number of sulfone groups is 4. The Morgan fingerprint density at radius 2 is 0.738 bits per heavy atom. The Morgan fingerprint density at radius 1 is 0.437 bits per heavy atom. The van der Waals surface area contributed by atoms with Crippen molar-refractivity contribution in [2.45, 2.75) is 116 Å². The molecule has 11 rings (SSSR count). The average molecular weight is 1580 g/mol. The molecule has 4 atom stereocenters. The summed E-state index contributed by atoms with van der Waals surface area (Å²) in [4.78, 5) is 32.5. The minimum atomic E-state index is -3.32. The van der Waals surface area contributed by atoms with Gasteiger partial charge in [0.05, 0.1) is 64.1 Å². The normalized spacial score (nSPS) is 18.5. The molecule has 0 saturated carbocycles. The second kappa shape index (κ2) is 38.8. The van der Waals surface area contributed by atoms with Crippen LogP contribution in [0, 0.1) is 20.8 Å². The monoisotopic (exact) mass is 1580 g/mol. The van der Waals surface area contributed by atoms with Crippen LogP contribution in [0.15, 0.2) is 111 Å². The zero-order chi connectivity index (χ0) is 75.4. The number of benzene rings is 4. The second-order valence-electron chi connectivity index (χ2n) is 25.0. The minimum Gasteiger partial charge on any atom is -0.382 e. The van der Waals surface area contributed by atoms with Crippen molar-refractivity contribution in [2.24, 2.45) is 5.73 Å². The zero-order valence-corrected chi connectivity index (χ0v) is 65.4. The standard InChI is InChI=1S/3C17H21ClN4O3S.C13H17ClO3S.C5H13NO/c3*1-11-8-16(21-17(19)20-11)22-6-3-7-25-10-15(22)13-5-4-12(9-14(13)18)26(2,23)24;1-18(15,16)11-5-6-12(13(14)8-11)10-4-2-3-7-17-9-10;1-2-7-5-3-4-6/h3*4-5,8-9,15H,3,6-7,10H2,1-2H3,(H2,19,20,21);5-6,8,10H,2-4,7,9H2,1H3;2-6H2,1H3/t2*15-;;;/m10.../s1. The smallest absolute Gasteiger partial charge is 0.222 e. The first-order chi connectivity index (χ1) is 48.7. The van der Waals surface area contributed by atoms with Gasteiger partial charge < -0.3 is 61.3 Å². The highest BCUT2D eigenvalue weighted by Gasteiger charge is 2.32. The lowest BCUT2D eigenvalue weighted by molar-refractivity contribution is 0.134. The highest BCUT2D eigenvalue weighted by atomic mass is 35.5. The summed E-state index contributed by atoms with van der Waals surface area (Å²) in [7, 11) is -13.2. The molecule has 4 aliphatic rings. The summed E-state index contributed by atoms with van der Waals surface area (Å²) in [6, 6.07) is 24.3. The molecule has 0 aliphatic carbocycles. The fraction of sp³-hybridized carbons (Fsp3) is 0.478. The molecule has 103 heavy (non-hydrogen) atoms. The molecule has 2 unspecified atom stereocenters. The molecular formula is C69H93Cl4N13O13S4. The fourth-order valence-electron chi connectivity index (χ4n) is 11.7. The van der Waals surface area contributed by atoms with Crippen molar-refractivity contribution in [3.05, 3.63) is 150 Å². The van der Waals surface area contributed by atoms with Gasteiger partial charge in [-0.05, 0) is 144 Å². The number of aromatic nitrogens is 6. The molecule has 4 fully saturated rings. The Bertz CT molecular complexity index is 4050. The van der Waals surface area contributed by atoms with Crippen LogP contribution < -0.4 is 37.6 Å². The molecule has 4 aromatic carbocycles. The number of nitrogen functional groups attached to an aromatic ring is 3.